The Morgan fingerprint density at radius 1 is 0.839 bits per heavy atom. The van der Waals surface area contributed by atoms with Gasteiger partial charge in [0, 0.05) is 36.8 Å². The van der Waals surface area contributed by atoms with Gasteiger partial charge < -0.3 is 10.7 Å². The first-order chi connectivity index (χ1) is 14.9. The van der Waals surface area contributed by atoms with E-state index in [0.717, 1.165) is 4.47 Å². The highest BCUT2D eigenvalue weighted by molar-refractivity contribution is 9.10. The van der Waals surface area contributed by atoms with Crippen LogP contribution in [0.25, 0.3) is 11.1 Å². The average molecular weight is 514 g/mol. The summed E-state index contributed by atoms with van der Waals surface area (Å²) in [5, 5.41) is 0.743. The first kappa shape index (κ1) is 21.4. The van der Waals surface area contributed by atoms with Crippen LogP contribution in [0.1, 0.15) is 32.0 Å². The lowest BCUT2D eigenvalue weighted by Crippen LogP contribution is -2.07. The SMILES string of the molecule is Nc1[nH]c(C(=O)c2ccccc2)c(-c2ccc(Cl)cc2Cl)c1C(=O)c1ccc(Br)cc1. The van der Waals surface area contributed by atoms with Crippen molar-refractivity contribution in [2.75, 3.05) is 5.73 Å². The molecule has 0 saturated carbocycles. The van der Waals surface area contributed by atoms with Gasteiger partial charge in [-0.25, -0.2) is 0 Å². The van der Waals surface area contributed by atoms with E-state index in [4.69, 9.17) is 28.9 Å². The maximum atomic E-state index is 13.4. The zero-order valence-corrected chi connectivity index (χ0v) is 19.1. The molecule has 0 amide bonds. The first-order valence-electron chi connectivity index (χ1n) is 9.23. The highest BCUT2D eigenvalue weighted by atomic mass is 79.9. The number of nitrogens with two attached hydrogens (primary N) is 1. The van der Waals surface area contributed by atoms with Crippen molar-refractivity contribution in [3.63, 3.8) is 0 Å². The minimum atomic E-state index is -0.325. The van der Waals surface area contributed by atoms with Gasteiger partial charge in [-0.2, -0.15) is 0 Å². The van der Waals surface area contributed by atoms with Gasteiger partial charge in [0.25, 0.3) is 0 Å². The summed E-state index contributed by atoms with van der Waals surface area (Å²) < 4.78 is 0.840. The van der Waals surface area contributed by atoms with E-state index in [0.29, 0.717) is 32.3 Å². The molecule has 1 aromatic heterocycles. The Morgan fingerprint density at radius 3 is 2.13 bits per heavy atom. The molecule has 154 valence electrons. The highest BCUT2D eigenvalue weighted by Gasteiger charge is 2.29. The van der Waals surface area contributed by atoms with Gasteiger partial charge in [-0.3, -0.25) is 9.59 Å². The number of aromatic nitrogens is 1. The fourth-order valence-corrected chi connectivity index (χ4v) is 4.13. The van der Waals surface area contributed by atoms with Crippen LogP contribution in [0.5, 0.6) is 0 Å². The Bertz CT molecular complexity index is 1300. The van der Waals surface area contributed by atoms with Crippen LogP contribution in [0.4, 0.5) is 5.82 Å². The van der Waals surface area contributed by atoms with Crippen LogP contribution in [0.15, 0.2) is 77.3 Å². The van der Waals surface area contributed by atoms with Crippen molar-refractivity contribution in [1.82, 2.24) is 4.98 Å². The number of nitrogens with one attached hydrogen (secondary N) is 1. The zero-order valence-electron chi connectivity index (χ0n) is 16.0. The molecule has 0 saturated heterocycles. The number of hydrogen-bond donors (Lipinski definition) is 2. The predicted octanol–water partition coefficient (Wildman–Crippen LogP) is 6.80. The molecule has 31 heavy (non-hydrogen) atoms. The predicted molar refractivity (Wildman–Crippen MR) is 128 cm³/mol. The van der Waals surface area contributed by atoms with Gasteiger partial charge in [-0.05, 0) is 36.4 Å². The first-order valence-corrected chi connectivity index (χ1v) is 10.8. The number of rotatable bonds is 5. The summed E-state index contributed by atoms with van der Waals surface area (Å²) in [6.45, 7) is 0. The molecule has 3 aromatic carbocycles. The average Bonchev–Trinajstić information content (AvgIpc) is 3.10. The third kappa shape index (κ3) is 4.17. The van der Waals surface area contributed by atoms with Gasteiger partial charge in [0.05, 0.1) is 11.3 Å². The van der Waals surface area contributed by atoms with Crippen molar-refractivity contribution in [3.05, 3.63) is 110 Å². The molecule has 0 unspecified atom stereocenters. The molecule has 4 nitrogen and oxygen atoms in total. The highest BCUT2D eigenvalue weighted by Crippen LogP contribution is 2.39. The van der Waals surface area contributed by atoms with Crippen molar-refractivity contribution < 1.29 is 9.59 Å². The van der Waals surface area contributed by atoms with Crippen molar-refractivity contribution in [1.29, 1.82) is 0 Å². The second kappa shape index (κ2) is 8.71. The van der Waals surface area contributed by atoms with Gasteiger partial charge in [-0.1, -0.05) is 75.5 Å². The van der Waals surface area contributed by atoms with Gasteiger partial charge >= 0.3 is 0 Å². The summed E-state index contributed by atoms with van der Waals surface area (Å²) in [5.41, 5.74) is 8.33. The van der Waals surface area contributed by atoms with Crippen molar-refractivity contribution in [2.45, 2.75) is 0 Å². The van der Waals surface area contributed by atoms with E-state index < -0.39 is 0 Å². The van der Waals surface area contributed by atoms with Crippen LogP contribution < -0.4 is 5.73 Å². The summed E-state index contributed by atoms with van der Waals surface area (Å²) in [4.78, 5) is 29.7. The van der Waals surface area contributed by atoms with Gasteiger partial charge in [0.1, 0.15) is 5.82 Å². The molecule has 0 aliphatic rings. The molecule has 0 radical (unpaired) electrons. The second-order valence-corrected chi connectivity index (χ2v) is 8.58. The number of benzene rings is 3. The molecule has 0 fully saturated rings. The number of nitrogen functional groups attached to an aromatic ring is 1. The van der Waals surface area contributed by atoms with Gasteiger partial charge in [0.2, 0.25) is 5.78 Å². The smallest absolute Gasteiger partial charge is 0.209 e. The quantitative estimate of drug-likeness (QED) is 0.288. The number of carbonyl (C=O) groups excluding carboxylic acids is 2. The molecule has 4 rings (SSSR count). The number of H-pyrrole nitrogens is 1. The van der Waals surface area contributed by atoms with E-state index >= 15 is 0 Å². The molecule has 0 bridgehead atoms. The summed E-state index contributed by atoms with van der Waals surface area (Å²) >= 11 is 15.9. The Hall–Kier alpha value is -2.86. The lowest BCUT2D eigenvalue weighted by atomic mass is 9.93. The minimum Gasteiger partial charge on any atom is -0.385 e. The third-order valence-electron chi connectivity index (χ3n) is 4.83. The summed E-state index contributed by atoms with van der Waals surface area (Å²) in [6.07, 6.45) is 0. The van der Waals surface area contributed by atoms with Crippen molar-refractivity contribution in [3.8, 4) is 11.1 Å². The standard InChI is InChI=1S/C24H15BrCl2N2O2/c25-15-8-6-14(7-9-15)22(30)20-19(17-11-10-16(26)12-18(17)27)21(29-24(20)28)23(31)13-4-2-1-3-5-13/h1-12,29H,28H2. The van der Waals surface area contributed by atoms with Crippen molar-refractivity contribution in [2.24, 2.45) is 0 Å². The van der Waals surface area contributed by atoms with Crippen LogP contribution >= 0.6 is 39.1 Å². The molecule has 1 heterocycles. The number of carbonyl (C=O) groups is 2. The van der Waals surface area contributed by atoms with Crippen LogP contribution in [-0.2, 0) is 0 Å². The molecule has 0 atom stereocenters. The Labute approximate surface area is 197 Å². The molecule has 0 aliphatic carbocycles. The number of ketones is 2. The lowest BCUT2D eigenvalue weighted by molar-refractivity contribution is 0.103. The Morgan fingerprint density at radius 2 is 1.48 bits per heavy atom. The minimum absolute atomic E-state index is 0.0909. The molecule has 3 N–H and O–H groups in total. The maximum Gasteiger partial charge on any atom is 0.209 e. The van der Waals surface area contributed by atoms with Crippen LogP contribution in [-0.4, -0.2) is 16.6 Å². The summed E-state index contributed by atoms with van der Waals surface area (Å²) in [6, 6.07) is 20.5. The fraction of sp³-hybridized carbons (Fsp3) is 0. The monoisotopic (exact) mass is 512 g/mol. The maximum absolute atomic E-state index is 13.4. The summed E-state index contributed by atoms with van der Waals surface area (Å²) in [5.74, 6) is -0.536. The Balaban J connectivity index is 1.97. The molecular formula is C24H15BrCl2N2O2. The number of halogens is 3. The number of anilines is 1. The summed E-state index contributed by atoms with van der Waals surface area (Å²) in [7, 11) is 0. The fourth-order valence-electron chi connectivity index (χ4n) is 3.37. The number of aromatic amines is 1. The third-order valence-corrected chi connectivity index (χ3v) is 5.90. The van der Waals surface area contributed by atoms with E-state index in [9.17, 15) is 9.59 Å². The van der Waals surface area contributed by atoms with Crippen LogP contribution in [0.3, 0.4) is 0 Å². The largest absolute Gasteiger partial charge is 0.385 e. The van der Waals surface area contributed by atoms with Gasteiger partial charge in [-0.15, -0.1) is 0 Å². The van der Waals surface area contributed by atoms with Crippen LogP contribution in [0, 0.1) is 0 Å². The van der Waals surface area contributed by atoms with Crippen LogP contribution in [0.2, 0.25) is 10.0 Å². The van der Waals surface area contributed by atoms with Gasteiger partial charge in [0.15, 0.2) is 5.78 Å². The molecule has 4 aromatic rings. The lowest BCUT2D eigenvalue weighted by Gasteiger charge is -2.10. The molecule has 0 spiro atoms. The second-order valence-electron chi connectivity index (χ2n) is 6.82. The van der Waals surface area contributed by atoms with E-state index in [-0.39, 0.29) is 28.6 Å². The van der Waals surface area contributed by atoms with E-state index in [1.807, 2.05) is 6.07 Å². The topological polar surface area (TPSA) is 76.0 Å². The Kier molecular flexibility index (Phi) is 6.01. The normalized spacial score (nSPS) is 10.8. The van der Waals surface area contributed by atoms with E-state index in [1.165, 1.54) is 0 Å². The number of hydrogen-bond acceptors (Lipinski definition) is 3. The van der Waals surface area contributed by atoms with E-state index in [2.05, 4.69) is 20.9 Å². The zero-order chi connectivity index (χ0) is 22.1. The molecular weight excluding hydrogens is 499 g/mol. The molecule has 7 heteroatoms. The molecule has 0 aliphatic heterocycles. The van der Waals surface area contributed by atoms with Crippen molar-refractivity contribution >= 4 is 56.5 Å². The van der Waals surface area contributed by atoms with E-state index in [1.54, 1.807) is 66.7 Å².